The van der Waals surface area contributed by atoms with E-state index >= 15 is 0 Å². The van der Waals surface area contributed by atoms with Gasteiger partial charge in [0, 0.05) is 17.1 Å². The molecule has 1 N–H and O–H groups in total. The molecule has 1 amide bonds. The van der Waals surface area contributed by atoms with Crippen molar-refractivity contribution in [1.82, 2.24) is 0 Å². The minimum atomic E-state index is -0.590. The van der Waals surface area contributed by atoms with Crippen LogP contribution in [0.1, 0.15) is 19.4 Å². The van der Waals surface area contributed by atoms with Crippen LogP contribution in [0.5, 0.6) is 0 Å². The number of amides is 1. The second-order valence-corrected chi connectivity index (χ2v) is 4.46. The Morgan fingerprint density at radius 2 is 2.25 bits per heavy atom. The van der Waals surface area contributed by atoms with E-state index in [4.69, 9.17) is 18.0 Å². The first kappa shape index (κ1) is 12.6. The van der Waals surface area contributed by atoms with Crippen LogP contribution >= 0.6 is 11.6 Å². The molecule has 1 aromatic carbocycles. The van der Waals surface area contributed by atoms with Crippen LogP contribution < -0.4 is 5.32 Å². The molecule has 0 saturated carbocycles. The number of carbonyl (C=O) groups is 1. The van der Waals surface area contributed by atoms with Crippen LogP contribution in [0.4, 0.5) is 5.69 Å². The smallest absolute Gasteiger partial charge is 0.231 e. The second-order valence-electron chi connectivity index (χ2n) is 4.20. The normalized spacial score (nSPS) is 10.6. The standard InChI is InChI=1S/C13H14ClNO/c1-4-10-6-5-7-11(8-10)15-12(16)13(2,3)9-14/h1,5-8H,9H2,2-3H3,(H,15,16). The highest BCUT2D eigenvalue weighted by Gasteiger charge is 2.26. The number of alkyl halides is 1. The Balaban J connectivity index is 2.82. The molecular weight excluding hydrogens is 222 g/mol. The lowest BCUT2D eigenvalue weighted by Crippen LogP contribution is -2.32. The number of hydrogen-bond donors (Lipinski definition) is 1. The SMILES string of the molecule is C#Cc1cccc(NC(=O)C(C)(C)CCl)c1. The monoisotopic (exact) mass is 235 g/mol. The van der Waals surface area contributed by atoms with Gasteiger partial charge >= 0.3 is 0 Å². The molecule has 1 rings (SSSR count). The summed E-state index contributed by atoms with van der Waals surface area (Å²) in [6.07, 6.45) is 5.28. The summed E-state index contributed by atoms with van der Waals surface area (Å²) in [5.74, 6) is 2.67. The van der Waals surface area contributed by atoms with Gasteiger partial charge in [-0.25, -0.2) is 0 Å². The summed E-state index contributed by atoms with van der Waals surface area (Å²) >= 11 is 5.72. The summed E-state index contributed by atoms with van der Waals surface area (Å²) < 4.78 is 0. The Labute approximate surface area is 101 Å². The highest BCUT2D eigenvalue weighted by Crippen LogP contribution is 2.20. The second kappa shape index (κ2) is 5.05. The molecule has 3 heteroatoms. The third-order valence-corrected chi connectivity index (χ3v) is 2.90. The van der Waals surface area contributed by atoms with Crippen LogP contribution in [0.2, 0.25) is 0 Å². The van der Waals surface area contributed by atoms with E-state index in [0.29, 0.717) is 5.69 Å². The van der Waals surface area contributed by atoms with E-state index in [1.165, 1.54) is 0 Å². The Morgan fingerprint density at radius 3 is 2.81 bits per heavy atom. The number of carbonyl (C=O) groups excluding carboxylic acids is 1. The number of anilines is 1. The maximum absolute atomic E-state index is 11.8. The predicted octanol–water partition coefficient (Wildman–Crippen LogP) is 2.87. The molecule has 0 spiro atoms. The van der Waals surface area contributed by atoms with Gasteiger partial charge in [-0.15, -0.1) is 18.0 Å². The van der Waals surface area contributed by atoms with E-state index < -0.39 is 5.41 Å². The van der Waals surface area contributed by atoms with E-state index in [0.717, 1.165) is 5.56 Å². The number of halogens is 1. The fourth-order valence-corrected chi connectivity index (χ4v) is 1.17. The molecule has 0 aliphatic carbocycles. The van der Waals surface area contributed by atoms with E-state index in [1.807, 2.05) is 6.07 Å². The average Bonchev–Trinajstić information content (AvgIpc) is 2.29. The first-order valence-corrected chi connectivity index (χ1v) is 5.47. The number of benzene rings is 1. The zero-order chi connectivity index (χ0) is 12.2. The Kier molecular flexibility index (Phi) is 3.98. The zero-order valence-electron chi connectivity index (χ0n) is 9.38. The van der Waals surface area contributed by atoms with Gasteiger partial charge in [0.05, 0.1) is 5.41 Å². The van der Waals surface area contributed by atoms with Gasteiger partial charge in [0.2, 0.25) is 5.91 Å². The summed E-state index contributed by atoms with van der Waals surface area (Å²) in [6, 6.07) is 7.16. The van der Waals surface area contributed by atoms with Crippen LogP contribution in [-0.4, -0.2) is 11.8 Å². The molecule has 0 radical (unpaired) electrons. The number of terminal acetylenes is 1. The molecule has 2 nitrogen and oxygen atoms in total. The predicted molar refractivity (Wildman–Crippen MR) is 67.5 cm³/mol. The highest BCUT2D eigenvalue weighted by atomic mass is 35.5. The zero-order valence-corrected chi connectivity index (χ0v) is 10.1. The van der Waals surface area contributed by atoms with Crippen molar-refractivity contribution in [1.29, 1.82) is 0 Å². The van der Waals surface area contributed by atoms with Crippen molar-refractivity contribution in [3.8, 4) is 12.3 Å². The van der Waals surface area contributed by atoms with E-state index in [-0.39, 0.29) is 11.8 Å². The molecule has 0 unspecified atom stereocenters. The lowest BCUT2D eigenvalue weighted by atomic mass is 9.95. The van der Waals surface area contributed by atoms with Crippen molar-refractivity contribution < 1.29 is 4.79 Å². The molecule has 0 aliphatic heterocycles. The first-order valence-electron chi connectivity index (χ1n) is 4.93. The summed E-state index contributed by atoms with van der Waals surface area (Å²) in [6.45, 7) is 3.58. The minimum absolute atomic E-state index is 0.114. The summed E-state index contributed by atoms with van der Waals surface area (Å²) in [7, 11) is 0. The molecule has 0 atom stereocenters. The fourth-order valence-electron chi connectivity index (χ4n) is 1.05. The van der Waals surface area contributed by atoms with Gasteiger partial charge in [-0.1, -0.05) is 12.0 Å². The molecule has 16 heavy (non-hydrogen) atoms. The maximum atomic E-state index is 11.8. The molecule has 0 bridgehead atoms. The molecule has 0 heterocycles. The van der Waals surface area contributed by atoms with Gasteiger partial charge in [-0.2, -0.15) is 0 Å². The summed E-state index contributed by atoms with van der Waals surface area (Å²) in [5, 5.41) is 2.79. The van der Waals surface area contributed by atoms with Gasteiger partial charge in [0.15, 0.2) is 0 Å². The van der Waals surface area contributed by atoms with Gasteiger partial charge in [0.25, 0.3) is 0 Å². The molecule has 0 fully saturated rings. The third-order valence-electron chi connectivity index (χ3n) is 2.24. The molecule has 0 saturated heterocycles. The van der Waals surface area contributed by atoms with Crippen LogP contribution in [0.3, 0.4) is 0 Å². The van der Waals surface area contributed by atoms with E-state index in [9.17, 15) is 4.79 Å². The highest BCUT2D eigenvalue weighted by molar-refractivity contribution is 6.20. The molecule has 0 aliphatic rings. The van der Waals surface area contributed by atoms with Gasteiger partial charge in [-0.05, 0) is 32.0 Å². The topological polar surface area (TPSA) is 29.1 Å². The van der Waals surface area contributed by atoms with Crippen LogP contribution in [-0.2, 0) is 4.79 Å². The maximum Gasteiger partial charge on any atom is 0.231 e. The van der Waals surface area contributed by atoms with Crippen molar-refractivity contribution in [2.45, 2.75) is 13.8 Å². The molecule has 84 valence electrons. The lowest BCUT2D eigenvalue weighted by molar-refractivity contribution is -0.122. The number of nitrogens with one attached hydrogen (secondary N) is 1. The first-order chi connectivity index (χ1) is 7.49. The third kappa shape index (κ3) is 3.01. The fraction of sp³-hybridized carbons (Fsp3) is 0.308. The molecular formula is C13H14ClNO. The van der Waals surface area contributed by atoms with Crippen molar-refractivity contribution >= 4 is 23.2 Å². The average molecular weight is 236 g/mol. The van der Waals surface area contributed by atoms with Gasteiger partial charge in [-0.3, -0.25) is 4.79 Å². The van der Waals surface area contributed by atoms with Crippen molar-refractivity contribution in [3.63, 3.8) is 0 Å². The van der Waals surface area contributed by atoms with Gasteiger partial charge < -0.3 is 5.32 Å². The number of rotatable bonds is 3. The van der Waals surface area contributed by atoms with E-state index in [2.05, 4.69) is 11.2 Å². The van der Waals surface area contributed by atoms with Crippen LogP contribution in [0.15, 0.2) is 24.3 Å². The Bertz CT molecular complexity index is 432. The number of hydrogen-bond acceptors (Lipinski definition) is 1. The molecule has 1 aromatic rings. The lowest BCUT2D eigenvalue weighted by Gasteiger charge is -2.20. The minimum Gasteiger partial charge on any atom is -0.326 e. The summed E-state index contributed by atoms with van der Waals surface area (Å²) in [5.41, 5.74) is 0.841. The summed E-state index contributed by atoms with van der Waals surface area (Å²) in [4.78, 5) is 11.8. The van der Waals surface area contributed by atoms with Gasteiger partial charge in [0.1, 0.15) is 0 Å². The Morgan fingerprint density at radius 1 is 1.56 bits per heavy atom. The van der Waals surface area contributed by atoms with E-state index in [1.54, 1.807) is 32.0 Å². The van der Waals surface area contributed by atoms with Crippen LogP contribution in [0, 0.1) is 17.8 Å². The van der Waals surface area contributed by atoms with Crippen molar-refractivity contribution in [2.24, 2.45) is 5.41 Å². The Hall–Kier alpha value is -1.46. The molecule has 0 aromatic heterocycles. The quantitative estimate of drug-likeness (QED) is 0.634. The van der Waals surface area contributed by atoms with Crippen molar-refractivity contribution in [3.05, 3.63) is 29.8 Å². The largest absolute Gasteiger partial charge is 0.326 e. The van der Waals surface area contributed by atoms with Crippen LogP contribution in [0.25, 0.3) is 0 Å². The van der Waals surface area contributed by atoms with Crippen molar-refractivity contribution in [2.75, 3.05) is 11.2 Å².